The van der Waals surface area contributed by atoms with Crippen molar-refractivity contribution in [3.63, 3.8) is 0 Å². The molecule has 0 aliphatic carbocycles. The molecule has 0 bridgehead atoms. The normalized spacial score (nSPS) is 10.9. The Labute approximate surface area is 146 Å². The molecule has 0 aliphatic rings. The van der Waals surface area contributed by atoms with Gasteiger partial charge >= 0.3 is 6.09 Å². The van der Waals surface area contributed by atoms with E-state index in [0.717, 1.165) is 0 Å². The lowest BCUT2D eigenvalue weighted by atomic mass is 10.2. The number of amides is 1. The molecule has 0 spiro atoms. The average Bonchev–Trinajstić information content (AvgIpc) is 2.50. The van der Waals surface area contributed by atoms with E-state index in [1.807, 2.05) is 0 Å². The number of aromatic nitrogens is 1. The van der Waals surface area contributed by atoms with Gasteiger partial charge in [-0.2, -0.15) is 0 Å². The van der Waals surface area contributed by atoms with Gasteiger partial charge in [0, 0.05) is 24.0 Å². The number of ether oxygens (including phenoxy) is 3. The first kappa shape index (κ1) is 18.2. The molecule has 25 heavy (non-hydrogen) atoms. The maximum atomic E-state index is 11.9. The van der Waals surface area contributed by atoms with Crippen LogP contribution >= 0.6 is 0 Å². The van der Waals surface area contributed by atoms with E-state index in [2.05, 4.69) is 10.3 Å². The van der Waals surface area contributed by atoms with Gasteiger partial charge < -0.3 is 25.7 Å². The standard InChI is InChI=1S/C17H22N4O4/c1-17(2,3)25-16(22)21-10-5-6-11(23-4)13(9-10)24-12-7-8-20-15(19)14(12)18/h5-9H,18H2,1-4H3,(H2,19,20)(H,21,22). The molecule has 0 fully saturated rings. The smallest absolute Gasteiger partial charge is 0.412 e. The van der Waals surface area contributed by atoms with E-state index < -0.39 is 11.7 Å². The van der Waals surface area contributed by atoms with E-state index in [1.165, 1.54) is 13.3 Å². The van der Waals surface area contributed by atoms with Gasteiger partial charge in [0.15, 0.2) is 17.2 Å². The summed E-state index contributed by atoms with van der Waals surface area (Å²) in [7, 11) is 1.51. The molecular weight excluding hydrogens is 324 g/mol. The Morgan fingerprint density at radius 1 is 1.12 bits per heavy atom. The van der Waals surface area contributed by atoms with E-state index in [0.29, 0.717) is 22.9 Å². The topological polar surface area (TPSA) is 122 Å². The van der Waals surface area contributed by atoms with Gasteiger partial charge in [0.05, 0.1) is 7.11 Å². The Kier molecular flexibility index (Phi) is 5.21. The third kappa shape index (κ3) is 4.90. The van der Waals surface area contributed by atoms with Crippen LogP contribution in [-0.2, 0) is 4.74 Å². The van der Waals surface area contributed by atoms with Crippen LogP contribution in [0.4, 0.5) is 22.0 Å². The van der Waals surface area contributed by atoms with Crippen LogP contribution in [0.1, 0.15) is 20.8 Å². The van der Waals surface area contributed by atoms with Crippen LogP contribution in [0.3, 0.4) is 0 Å². The maximum Gasteiger partial charge on any atom is 0.412 e. The fraction of sp³-hybridized carbons (Fsp3) is 0.294. The SMILES string of the molecule is COc1ccc(NC(=O)OC(C)(C)C)cc1Oc1ccnc(N)c1N. The minimum atomic E-state index is -0.598. The number of carbonyl (C=O) groups excluding carboxylic acids is 1. The number of carbonyl (C=O) groups is 1. The number of anilines is 3. The molecule has 0 atom stereocenters. The number of nitrogens with zero attached hydrogens (tertiary/aromatic N) is 1. The van der Waals surface area contributed by atoms with Gasteiger partial charge in [-0.15, -0.1) is 0 Å². The molecule has 0 saturated heterocycles. The van der Waals surface area contributed by atoms with Gasteiger partial charge in [-0.25, -0.2) is 9.78 Å². The Bertz CT molecular complexity index is 772. The molecule has 1 amide bonds. The number of nitrogen functional groups attached to an aromatic ring is 2. The highest BCUT2D eigenvalue weighted by Crippen LogP contribution is 2.37. The van der Waals surface area contributed by atoms with Crippen LogP contribution < -0.4 is 26.3 Å². The Hall–Kier alpha value is -3.16. The van der Waals surface area contributed by atoms with Gasteiger partial charge in [0.25, 0.3) is 0 Å². The summed E-state index contributed by atoms with van der Waals surface area (Å²) in [5, 5.41) is 2.64. The highest BCUT2D eigenvalue weighted by molar-refractivity contribution is 5.85. The van der Waals surface area contributed by atoms with Gasteiger partial charge in [-0.3, -0.25) is 5.32 Å². The number of pyridine rings is 1. The van der Waals surface area contributed by atoms with Gasteiger partial charge in [0.1, 0.15) is 17.1 Å². The first-order chi connectivity index (χ1) is 11.7. The van der Waals surface area contributed by atoms with Crippen LogP contribution in [-0.4, -0.2) is 23.8 Å². The summed E-state index contributed by atoms with van der Waals surface area (Å²) in [5.74, 6) is 1.32. The largest absolute Gasteiger partial charge is 0.493 e. The third-order valence-electron chi connectivity index (χ3n) is 3.01. The van der Waals surface area contributed by atoms with E-state index in [4.69, 9.17) is 25.7 Å². The summed E-state index contributed by atoms with van der Waals surface area (Å²) < 4.78 is 16.3. The molecule has 134 valence electrons. The number of hydrogen-bond donors (Lipinski definition) is 3. The fourth-order valence-electron chi connectivity index (χ4n) is 1.93. The molecule has 8 nitrogen and oxygen atoms in total. The second-order valence-corrected chi connectivity index (χ2v) is 6.20. The quantitative estimate of drug-likeness (QED) is 0.775. The van der Waals surface area contributed by atoms with E-state index in [-0.39, 0.29) is 11.5 Å². The molecule has 0 aliphatic heterocycles. The van der Waals surface area contributed by atoms with Crippen molar-refractivity contribution in [3.05, 3.63) is 30.5 Å². The molecule has 5 N–H and O–H groups in total. The van der Waals surface area contributed by atoms with Crippen molar-refractivity contribution >= 4 is 23.3 Å². The van der Waals surface area contributed by atoms with Crippen LogP contribution in [0, 0.1) is 0 Å². The second-order valence-electron chi connectivity index (χ2n) is 6.20. The summed E-state index contributed by atoms with van der Waals surface area (Å²) in [6.07, 6.45) is 0.910. The van der Waals surface area contributed by atoms with Gasteiger partial charge in [0.2, 0.25) is 0 Å². The van der Waals surface area contributed by atoms with Crippen molar-refractivity contribution < 1.29 is 19.0 Å². The lowest BCUT2D eigenvalue weighted by Gasteiger charge is -2.20. The average molecular weight is 346 g/mol. The first-order valence-electron chi connectivity index (χ1n) is 7.55. The molecular formula is C17H22N4O4. The number of methoxy groups -OCH3 is 1. The summed E-state index contributed by atoms with van der Waals surface area (Å²) in [4.78, 5) is 15.8. The lowest BCUT2D eigenvalue weighted by molar-refractivity contribution is 0.0636. The number of nitrogens with one attached hydrogen (secondary N) is 1. The maximum absolute atomic E-state index is 11.9. The molecule has 1 aromatic carbocycles. The summed E-state index contributed by atoms with van der Waals surface area (Å²) >= 11 is 0. The predicted octanol–water partition coefficient (Wildman–Crippen LogP) is 3.39. The summed E-state index contributed by atoms with van der Waals surface area (Å²) in [6, 6.07) is 6.50. The Morgan fingerprint density at radius 3 is 2.48 bits per heavy atom. The Morgan fingerprint density at radius 2 is 1.84 bits per heavy atom. The number of benzene rings is 1. The number of nitrogens with two attached hydrogens (primary N) is 2. The first-order valence-corrected chi connectivity index (χ1v) is 7.55. The van der Waals surface area contributed by atoms with Gasteiger partial charge in [-0.05, 0) is 32.9 Å². The molecule has 0 unspecified atom stereocenters. The second kappa shape index (κ2) is 7.16. The van der Waals surface area contributed by atoms with Crippen molar-refractivity contribution in [2.45, 2.75) is 26.4 Å². The van der Waals surface area contributed by atoms with Crippen molar-refractivity contribution in [1.82, 2.24) is 4.98 Å². The molecule has 2 rings (SSSR count). The monoisotopic (exact) mass is 346 g/mol. The predicted molar refractivity (Wildman–Crippen MR) is 96.0 cm³/mol. The number of rotatable bonds is 4. The molecule has 1 aromatic heterocycles. The molecule has 8 heteroatoms. The fourth-order valence-corrected chi connectivity index (χ4v) is 1.93. The van der Waals surface area contributed by atoms with E-state index in [1.54, 1.807) is 45.0 Å². The van der Waals surface area contributed by atoms with Gasteiger partial charge in [-0.1, -0.05) is 0 Å². The summed E-state index contributed by atoms with van der Waals surface area (Å²) in [6.45, 7) is 5.35. The van der Waals surface area contributed by atoms with Crippen molar-refractivity contribution in [3.8, 4) is 17.2 Å². The van der Waals surface area contributed by atoms with E-state index >= 15 is 0 Å². The third-order valence-corrected chi connectivity index (χ3v) is 3.01. The lowest BCUT2D eigenvalue weighted by Crippen LogP contribution is -2.27. The van der Waals surface area contributed by atoms with Crippen LogP contribution in [0.5, 0.6) is 17.2 Å². The highest BCUT2D eigenvalue weighted by Gasteiger charge is 2.17. The zero-order valence-electron chi connectivity index (χ0n) is 14.6. The molecule has 0 saturated carbocycles. The van der Waals surface area contributed by atoms with Crippen LogP contribution in [0.25, 0.3) is 0 Å². The Balaban J connectivity index is 2.25. The summed E-state index contributed by atoms with van der Waals surface area (Å²) in [5.41, 5.74) is 11.6. The minimum absolute atomic E-state index is 0.166. The van der Waals surface area contributed by atoms with Crippen molar-refractivity contribution in [1.29, 1.82) is 0 Å². The zero-order valence-corrected chi connectivity index (χ0v) is 14.6. The molecule has 0 radical (unpaired) electrons. The van der Waals surface area contributed by atoms with Crippen molar-refractivity contribution in [2.75, 3.05) is 23.9 Å². The van der Waals surface area contributed by atoms with Crippen molar-refractivity contribution in [2.24, 2.45) is 0 Å². The van der Waals surface area contributed by atoms with E-state index in [9.17, 15) is 4.79 Å². The molecule has 1 heterocycles. The minimum Gasteiger partial charge on any atom is -0.493 e. The highest BCUT2D eigenvalue weighted by atomic mass is 16.6. The van der Waals surface area contributed by atoms with Crippen LogP contribution in [0.15, 0.2) is 30.5 Å². The van der Waals surface area contributed by atoms with Crippen LogP contribution in [0.2, 0.25) is 0 Å². The zero-order chi connectivity index (χ0) is 18.6. The number of hydrogen-bond acceptors (Lipinski definition) is 7. The molecule has 2 aromatic rings.